The van der Waals surface area contributed by atoms with Gasteiger partial charge in [-0.15, -0.1) is 0 Å². The monoisotopic (exact) mass is 303 g/mol. The molecule has 1 aromatic carbocycles. The minimum Gasteiger partial charge on any atom is -0.269 e. The van der Waals surface area contributed by atoms with Crippen molar-refractivity contribution in [3.05, 3.63) is 39.6 Å². The number of nitrogens with zero attached hydrogens (tertiary/aromatic N) is 1. The van der Waals surface area contributed by atoms with Gasteiger partial charge in [-0.1, -0.05) is 11.6 Å². The summed E-state index contributed by atoms with van der Waals surface area (Å²) in [4.78, 5) is 23.7. The molecule has 1 aromatic rings. The molecule has 0 radical (unpaired) electrons. The molecule has 82 valence electrons. The maximum Gasteiger partial charge on any atom is 0.258 e. The second-order valence-corrected chi connectivity index (χ2v) is 4.32. The van der Waals surface area contributed by atoms with Crippen LogP contribution in [-0.2, 0) is 9.59 Å². The highest BCUT2D eigenvalue weighted by Gasteiger charge is 2.29. The van der Waals surface area contributed by atoms with Crippen LogP contribution in [0, 0.1) is 5.82 Å². The molecule has 0 saturated carbocycles. The standard InChI is InChI=1S/C10H4BrClFNO2/c11-6-3-5(13)4-7(12)10(6)14-8(15)1-2-9(14)16/h1-4H. The van der Waals surface area contributed by atoms with E-state index >= 15 is 0 Å². The number of carbonyl (C=O) groups excluding carboxylic acids is 2. The number of halogens is 3. The van der Waals surface area contributed by atoms with Crippen LogP contribution in [0.1, 0.15) is 0 Å². The van der Waals surface area contributed by atoms with Crippen LogP contribution in [0.15, 0.2) is 28.8 Å². The van der Waals surface area contributed by atoms with Gasteiger partial charge in [0.05, 0.1) is 10.7 Å². The Morgan fingerprint density at radius 1 is 1.19 bits per heavy atom. The molecule has 0 spiro atoms. The number of hydrogen-bond donors (Lipinski definition) is 0. The fourth-order valence-corrected chi connectivity index (χ4v) is 2.38. The van der Waals surface area contributed by atoms with E-state index < -0.39 is 17.6 Å². The maximum atomic E-state index is 13.0. The Kier molecular flexibility index (Phi) is 2.82. The Bertz CT molecular complexity index is 489. The van der Waals surface area contributed by atoms with E-state index in [2.05, 4.69) is 15.9 Å². The van der Waals surface area contributed by atoms with Gasteiger partial charge in [-0.3, -0.25) is 9.59 Å². The molecule has 0 saturated heterocycles. The summed E-state index contributed by atoms with van der Waals surface area (Å²) in [7, 11) is 0. The van der Waals surface area contributed by atoms with Gasteiger partial charge in [0, 0.05) is 16.6 Å². The number of anilines is 1. The van der Waals surface area contributed by atoms with Gasteiger partial charge in [-0.25, -0.2) is 9.29 Å². The average molecular weight is 305 g/mol. The molecule has 3 nitrogen and oxygen atoms in total. The van der Waals surface area contributed by atoms with Gasteiger partial charge < -0.3 is 0 Å². The van der Waals surface area contributed by atoms with Crippen molar-refractivity contribution in [1.82, 2.24) is 0 Å². The fourth-order valence-electron chi connectivity index (χ4n) is 1.37. The Hall–Kier alpha value is -1.20. The van der Waals surface area contributed by atoms with E-state index in [4.69, 9.17) is 11.6 Å². The first-order valence-electron chi connectivity index (χ1n) is 4.21. The summed E-state index contributed by atoms with van der Waals surface area (Å²) in [6, 6.07) is 2.18. The second kappa shape index (κ2) is 3.99. The zero-order valence-corrected chi connectivity index (χ0v) is 10.0. The molecular formula is C10H4BrClFNO2. The van der Waals surface area contributed by atoms with Crippen molar-refractivity contribution in [2.75, 3.05) is 4.90 Å². The van der Waals surface area contributed by atoms with E-state index in [-0.39, 0.29) is 15.2 Å². The van der Waals surface area contributed by atoms with Gasteiger partial charge in [-0.05, 0) is 28.1 Å². The Morgan fingerprint density at radius 3 is 2.25 bits per heavy atom. The highest BCUT2D eigenvalue weighted by Crippen LogP contribution is 2.36. The molecule has 0 atom stereocenters. The molecular weight excluding hydrogens is 300 g/mol. The summed E-state index contributed by atoms with van der Waals surface area (Å²) in [5, 5.41) is -0.00252. The quantitative estimate of drug-likeness (QED) is 0.748. The topological polar surface area (TPSA) is 37.4 Å². The molecule has 1 aliphatic rings. The molecule has 0 unspecified atom stereocenters. The van der Waals surface area contributed by atoms with E-state index in [1.54, 1.807) is 0 Å². The van der Waals surface area contributed by atoms with Crippen LogP contribution < -0.4 is 4.90 Å². The SMILES string of the molecule is O=C1C=CC(=O)N1c1c(Cl)cc(F)cc1Br. The number of rotatable bonds is 1. The van der Waals surface area contributed by atoms with Gasteiger partial charge >= 0.3 is 0 Å². The summed E-state index contributed by atoms with van der Waals surface area (Å²) in [6.07, 6.45) is 2.27. The van der Waals surface area contributed by atoms with Gasteiger partial charge in [-0.2, -0.15) is 0 Å². The highest BCUT2D eigenvalue weighted by atomic mass is 79.9. The number of benzene rings is 1. The largest absolute Gasteiger partial charge is 0.269 e. The van der Waals surface area contributed by atoms with Crippen LogP contribution in [-0.4, -0.2) is 11.8 Å². The highest BCUT2D eigenvalue weighted by molar-refractivity contribution is 9.10. The van der Waals surface area contributed by atoms with E-state index in [0.29, 0.717) is 0 Å². The summed E-state index contributed by atoms with van der Waals surface area (Å²) >= 11 is 8.87. The van der Waals surface area contributed by atoms with Crippen molar-refractivity contribution in [3.8, 4) is 0 Å². The van der Waals surface area contributed by atoms with Crippen molar-refractivity contribution in [3.63, 3.8) is 0 Å². The molecule has 1 aliphatic heterocycles. The van der Waals surface area contributed by atoms with Crippen molar-refractivity contribution >= 4 is 45.0 Å². The molecule has 0 fully saturated rings. The first-order valence-corrected chi connectivity index (χ1v) is 5.38. The third-order valence-electron chi connectivity index (χ3n) is 2.01. The van der Waals surface area contributed by atoms with Crippen LogP contribution >= 0.6 is 27.5 Å². The predicted octanol–water partition coefficient (Wildman–Crippen LogP) is 2.67. The van der Waals surface area contributed by atoms with Gasteiger partial charge in [0.2, 0.25) is 0 Å². The molecule has 16 heavy (non-hydrogen) atoms. The van der Waals surface area contributed by atoms with Crippen molar-refractivity contribution in [2.45, 2.75) is 0 Å². The minimum absolute atomic E-state index is 0.00252. The third-order valence-corrected chi connectivity index (χ3v) is 2.91. The number of imide groups is 1. The summed E-state index contributed by atoms with van der Waals surface area (Å²) in [6.45, 7) is 0. The van der Waals surface area contributed by atoms with Crippen molar-refractivity contribution in [1.29, 1.82) is 0 Å². The van der Waals surface area contributed by atoms with Crippen LogP contribution in [0.2, 0.25) is 5.02 Å². The minimum atomic E-state index is -0.548. The number of amides is 2. The molecule has 0 aliphatic carbocycles. The first-order chi connectivity index (χ1) is 7.50. The molecule has 0 bridgehead atoms. The summed E-state index contributed by atoms with van der Waals surface area (Å²) < 4.78 is 13.2. The molecule has 2 rings (SSSR count). The van der Waals surface area contributed by atoms with Crippen LogP contribution in [0.3, 0.4) is 0 Å². The number of carbonyl (C=O) groups is 2. The molecule has 0 aromatic heterocycles. The van der Waals surface area contributed by atoms with Crippen molar-refractivity contribution in [2.24, 2.45) is 0 Å². The van der Waals surface area contributed by atoms with Gasteiger partial charge in [0.1, 0.15) is 5.82 Å². The zero-order chi connectivity index (χ0) is 11.9. The maximum absolute atomic E-state index is 13.0. The summed E-state index contributed by atoms with van der Waals surface area (Å²) in [5.74, 6) is -1.55. The lowest BCUT2D eigenvalue weighted by atomic mass is 10.3. The fraction of sp³-hybridized carbons (Fsp3) is 0. The smallest absolute Gasteiger partial charge is 0.258 e. The predicted molar refractivity (Wildman–Crippen MR) is 60.7 cm³/mol. The molecule has 0 N–H and O–H groups in total. The average Bonchev–Trinajstić information content (AvgIpc) is 2.47. The van der Waals surface area contributed by atoms with E-state index in [0.717, 1.165) is 29.2 Å². The van der Waals surface area contributed by atoms with E-state index in [1.165, 1.54) is 0 Å². The normalized spacial score (nSPS) is 15.1. The second-order valence-electron chi connectivity index (χ2n) is 3.06. The van der Waals surface area contributed by atoms with Crippen LogP contribution in [0.4, 0.5) is 10.1 Å². The van der Waals surface area contributed by atoms with Gasteiger partial charge in [0.25, 0.3) is 11.8 Å². The lowest BCUT2D eigenvalue weighted by Gasteiger charge is -2.17. The lowest BCUT2D eigenvalue weighted by Crippen LogP contribution is -2.30. The zero-order valence-electron chi connectivity index (χ0n) is 7.71. The van der Waals surface area contributed by atoms with Crippen LogP contribution in [0.25, 0.3) is 0 Å². The van der Waals surface area contributed by atoms with E-state index in [1.807, 2.05) is 0 Å². The molecule has 2 amide bonds. The Balaban J connectivity index is 2.57. The first kappa shape index (κ1) is 11.3. The van der Waals surface area contributed by atoms with Gasteiger partial charge in [0.15, 0.2) is 0 Å². The summed E-state index contributed by atoms with van der Waals surface area (Å²) in [5.41, 5.74) is 0.156. The Morgan fingerprint density at radius 2 is 1.75 bits per heavy atom. The molecule has 1 heterocycles. The number of hydrogen-bond acceptors (Lipinski definition) is 2. The van der Waals surface area contributed by atoms with Crippen molar-refractivity contribution < 1.29 is 14.0 Å². The van der Waals surface area contributed by atoms with E-state index in [9.17, 15) is 14.0 Å². The Labute approximate surface area is 104 Å². The molecule has 6 heteroatoms. The third kappa shape index (κ3) is 1.76. The van der Waals surface area contributed by atoms with Crippen LogP contribution in [0.5, 0.6) is 0 Å². The lowest BCUT2D eigenvalue weighted by molar-refractivity contribution is -0.119.